The minimum Gasteiger partial charge on any atom is -0.205 e. The van der Waals surface area contributed by atoms with E-state index in [2.05, 4.69) is 15.3 Å². The highest BCUT2D eigenvalue weighted by Gasteiger charge is 2.20. The standard InChI is InChI=1S/C15H4Cl4F2N4S/c16-7-3-9(18)11(20)1-5(7)13-22-23-15-25(13)24-14(26-15)6-2-12(21)10(19)4-8(6)17/h1-4H. The molecule has 2 heterocycles. The molecule has 2 aromatic heterocycles. The van der Waals surface area contributed by atoms with E-state index in [1.54, 1.807) is 0 Å². The van der Waals surface area contributed by atoms with Crippen LogP contribution in [0.3, 0.4) is 0 Å². The first-order valence-electron chi connectivity index (χ1n) is 6.87. The van der Waals surface area contributed by atoms with E-state index in [4.69, 9.17) is 46.4 Å². The van der Waals surface area contributed by atoms with Gasteiger partial charge < -0.3 is 0 Å². The molecule has 0 radical (unpaired) electrons. The van der Waals surface area contributed by atoms with Crippen molar-refractivity contribution in [2.45, 2.75) is 0 Å². The number of nitrogens with zero attached hydrogens (tertiary/aromatic N) is 4. The van der Waals surface area contributed by atoms with E-state index in [0.29, 0.717) is 15.5 Å². The molecule has 11 heteroatoms. The van der Waals surface area contributed by atoms with Gasteiger partial charge in [-0.3, -0.25) is 0 Å². The molecule has 0 unspecified atom stereocenters. The van der Waals surface area contributed by atoms with Crippen LogP contribution in [-0.2, 0) is 0 Å². The minimum absolute atomic E-state index is 0.0918. The summed E-state index contributed by atoms with van der Waals surface area (Å²) in [6, 6.07) is 4.90. The fraction of sp³-hybridized carbons (Fsp3) is 0. The molecule has 0 saturated heterocycles. The minimum atomic E-state index is -0.652. The van der Waals surface area contributed by atoms with E-state index in [1.165, 1.54) is 22.7 Å². The Hall–Kier alpha value is -1.51. The number of halogens is 6. The van der Waals surface area contributed by atoms with Gasteiger partial charge in [0.1, 0.15) is 16.6 Å². The van der Waals surface area contributed by atoms with Crippen molar-refractivity contribution >= 4 is 62.7 Å². The van der Waals surface area contributed by atoms with Gasteiger partial charge in [-0.15, -0.1) is 10.2 Å². The van der Waals surface area contributed by atoms with Crippen LogP contribution in [0.15, 0.2) is 24.3 Å². The summed E-state index contributed by atoms with van der Waals surface area (Å²) < 4.78 is 29.0. The number of fused-ring (bicyclic) bond motifs is 1. The zero-order valence-corrected chi connectivity index (χ0v) is 16.1. The van der Waals surface area contributed by atoms with Crippen molar-refractivity contribution in [1.82, 2.24) is 19.8 Å². The molecule has 0 aliphatic rings. The van der Waals surface area contributed by atoms with Gasteiger partial charge in [0.2, 0.25) is 4.96 Å². The predicted molar refractivity (Wildman–Crippen MR) is 99.5 cm³/mol. The van der Waals surface area contributed by atoms with Gasteiger partial charge in [0.25, 0.3) is 0 Å². The maximum absolute atomic E-state index is 13.8. The lowest BCUT2D eigenvalue weighted by molar-refractivity contribution is 0.628. The second kappa shape index (κ2) is 6.58. The molecule has 4 nitrogen and oxygen atoms in total. The van der Waals surface area contributed by atoms with E-state index in [1.807, 2.05) is 0 Å². The van der Waals surface area contributed by atoms with Gasteiger partial charge in [0.05, 0.1) is 20.1 Å². The number of rotatable bonds is 2. The third-order valence-corrected chi connectivity index (χ3v) is 5.62. The van der Waals surface area contributed by atoms with Crippen LogP contribution in [0.5, 0.6) is 0 Å². The van der Waals surface area contributed by atoms with Crippen molar-refractivity contribution in [3.63, 3.8) is 0 Å². The molecule has 0 amide bonds. The van der Waals surface area contributed by atoms with Gasteiger partial charge >= 0.3 is 0 Å². The number of aromatic nitrogens is 4. The summed E-state index contributed by atoms with van der Waals surface area (Å²) in [7, 11) is 0. The number of hydrogen-bond acceptors (Lipinski definition) is 4. The Bertz CT molecular complexity index is 1170. The molecule has 0 aliphatic carbocycles. The Kier molecular flexibility index (Phi) is 4.53. The van der Waals surface area contributed by atoms with Crippen molar-refractivity contribution < 1.29 is 8.78 Å². The Labute approximate surface area is 168 Å². The summed E-state index contributed by atoms with van der Waals surface area (Å²) in [6.45, 7) is 0. The topological polar surface area (TPSA) is 43.1 Å². The predicted octanol–water partition coefficient (Wildman–Crippen LogP) is 6.41. The molecule has 0 spiro atoms. The lowest BCUT2D eigenvalue weighted by Gasteiger charge is -2.03. The van der Waals surface area contributed by atoms with E-state index < -0.39 is 11.6 Å². The molecule has 0 saturated carbocycles. The third-order valence-electron chi connectivity index (χ3n) is 3.48. The van der Waals surface area contributed by atoms with Crippen LogP contribution in [0.1, 0.15) is 0 Å². The van der Waals surface area contributed by atoms with Crippen LogP contribution in [0.4, 0.5) is 8.78 Å². The smallest absolute Gasteiger partial charge is 0.205 e. The molecule has 4 aromatic rings. The molecule has 4 rings (SSSR count). The highest BCUT2D eigenvalue weighted by Crippen LogP contribution is 2.37. The zero-order valence-electron chi connectivity index (χ0n) is 12.3. The first-order valence-corrected chi connectivity index (χ1v) is 9.20. The fourth-order valence-electron chi connectivity index (χ4n) is 2.27. The van der Waals surface area contributed by atoms with E-state index in [-0.39, 0.29) is 31.5 Å². The Morgan fingerprint density at radius 3 is 2.00 bits per heavy atom. The molecular weight excluding hydrogens is 448 g/mol. The fourth-order valence-corrected chi connectivity index (χ4v) is 4.14. The lowest BCUT2D eigenvalue weighted by Crippen LogP contribution is -1.93. The highest BCUT2D eigenvalue weighted by molar-refractivity contribution is 7.19. The third kappa shape index (κ3) is 2.93. The van der Waals surface area contributed by atoms with Gasteiger partial charge in [-0.25, -0.2) is 8.78 Å². The van der Waals surface area contributed by atoms with Gasteiger partial charge in [-0.2, -0.15) is 9.61 Å². The summed E-state index contributed by atoms with van der Waals surface area (Å²) >= 11 is 24.8. The second-order valence-electron chi connectivity index (χ2n) is 5.12. The van der Waals surface area contributed by atoms with Crippen molar-refractivity contribution in [1.29, 1.82) is 0 Å². The molecule has 132 valence electrons. The van der Waals surface area contributed by atoms with Crippen LogP contribution in [-0.4, -0.2) is 19.8 Å². The van der Waals surface area contributed by atoms with Crippen LogP contribution < -0.4 is 0 Å². The zero-order chi connectivity index (χ0) is 18.6. The Morgan fingerprint density at radius 1 is 0.769 bits per heavy atom. The highest BCUT2D eigenvalue weighted by atomic mass is 35.5. The maximum Gasteiger partial charge on any atom is 0.235 e. The Balaban J connectivity index is 1.89. The van der Waals surface area contributed by atoms with Crippen LogP contribution >= 0.6 is 57.7 Å². The summed E-state index contributed by atoms with van der Waals surface area (Å²) in [5.74, 6) is -1.06. The first-order chi connectivity index (χ1) is 12.3. The summed E-state index contributed by atoms with van der Waals surface area (Å²) in [5, 5.41) is 12.9. The number of benzene rings is 2. The quantitative estimate of drug-likeness (QED) is 0.330. The largest absolute Gasteiger partial charge is 0.235 e. The monoisotopic (exact) mass is 450 g/mol. The lowest BCUT2D eigenvalue weighted by atomic mass is 10.2. The van der Waals surface area contributed by atoms with E-state index in [0.717, 1.165) is 17.4 Å². The SMILES string of the molecule is Fc1cc(-c2nn3c(-c4cc(F)c(Cl)cc4Cl)nnc3s2)c(Cl)cc1Cl. The van der Waals surface area contributed by atoms with Crippen molar-refractivity contribution in [3.05, 3.63) is 56.0 Å². The first kappa shape index (κ1) is 17.9. The van der Waals surface area contributed by atoms with Crippen LogP contribution in [0.25, 0.3) is 26.9 Å². The van der Waals surface area contributed by atoms with Gasteiger partial charge in [0.15, 0.2) is 5.82 Å². The van der Waals surface area contributed by atoms with E-state index in [9.17, 15) is 8.78 Å². The Morgan fingerprint density at radius 2 is 1.35 bits per heavy atom. The van der Waals surface area contributed by atoms with Crippen LogP contribution in [0, 0.1) is 11.6 Å². The van der Waals surface area contributed by atoms with Crippen molar-refractivity contribution in [3.8, 4) is 22.0 Å². The average Bonchev–Trinajstić information content (AvgIpc) is 3.15. The molecule has 0 N–H and O–H groups in total. The summed E-state index contributed by atoms with van der Waals surface area (Å²) in [5.41, 5.74) is 0.620. The second-order valence-corrected chi connectivity index (χ2v) is 7.70. The average molecular weight is 452 g/mol. The maximum atomic E-state index is 13.8. The van der Waals surface area contributed by atoms with Crippen LogP contribution in [0.2, 0.25) is 20.1 Å². The molecule has 26 heavy (non-hydrogen) atoms. The van der Waals surface area contributed by atoms with Crippen molar-refractivity contribution in [2.24, 2.45) is 0 Å². The van der Waals surface area contributed by atoms with Crippen molar-refractivity contribution in [2.75, 3.05) is 0 Å². The molecule has 0 aliphatic heterocycles. The molecule has 0 fully saturated rings. The van der Waals surface area contributed by atoms with E-state index >= 15 is 0 Å². The summed E-state index contributed by atoms with van der Waals surface area (Å²) in [4.78, 5) is 0.396. The molecule has 0 atom stereocenters. The normalized spacial score (nSPS) is 11.5. The van der Waals surface area contributed by atoms with Gasteiger partial charge in [-0.1, -0.05) is 57.7 Å². The molecule has 2 aromatic carbocycles. The molecule has 0 bridgehead atoms. The molecular formula is C15H4Cl4F2N4S. The summed E-state index contributed by atoms with van der Waals surface area (Å²) in [6.07, 6.45) is 0. The number of hydrogen-bond donors (Lipinski definition) is 0. The van der Waals surface area contributed by atoms with Gasteiger partial charge in [-0.05, 0) is 24.3 Å². The van der Waals surface area contributed by atoms with Gasteiger partial charge in [0, 0.05) is 11.1 Å².